The van der Waals surface area contributed by atoms with Crippen LogP contribution >= 0.6 is 0 Å². The van der Waals surface area contributed by atoms with Crippen molar-refractivity contribution in [1.82, 2.24) is 15.1 Å². The average molecular weight is 500 g/mol. The highest BCUT2D eigenvalue weighted by molar-refractivity contribution is 5.94. The molecular weight excluding hydrogens is 458 g/mol. The van der Waals surface area contributed by atoms with E-state index in [1.165, 1.54) is 30.4 Å². The van der Waals surface area contributed by atoms with Gasteiger partial charge in [-0.05, 0) is 104 Å². The van der Waals surface area contributed by atoms with Crippen LogP contribution in [-0.2, 0) is 11.8 Å². The zero-order valence-corrected chi connectivity index (χ0v) is 22.3. The quantitative estimate of drug-likeness (QED) is 0.646. The molecule has 0 spiro atoms. The first-order valence-corrected chi connectivity index (χ1v) is 14.6. The molecule has 196 valence electrons. The molecule has 5 heteroatoms. The predicted octanol–water partition coefficient (Wildman–Crippen LogP) is 4.59. The summed E-state index contributed by atoms with van der Waals surface area (Å²) in [6.45, 7) is 9.12. The lowest BCUT2D eigenvalue weighted by Gasteiger charge is -2.63. The number of phenols is 1. The summed E-state index contributed by atoms with van der Waals surface area (Å²) in [5.41, 5.74) is 3.77. The molecule has 7 atom stereocenters. The number of phenolic OH excluding ortho intramolecular Hbond substituents is 1. The lowest BCUT2D eigenvalue weighted by atomic mass is 9.48. The molecule has 1 amide bonds. The van der Waals surface area contributed by atoms with E-state index in [4.69, 9.17) is 0 Å². The lowest BCUT2D eigenvalue weighted by Crippen LogP contribution is -2.67. The molecule has 2 aliphatic carbocycles. The Morgan fingerprint density at radius 3 is 2.78 bits per heavy atom. The van der Waals surface area contributed by atoms with Crippen molar-refractivity contribution in [2.24, 2.45) is 17.3 Å². The van der Waals surface area contributed by atoms with Gasteiger partial charge in [-0.15, -0.1) is 0 Å². The predicted molar refractivity (Wildman–Crippen MR) is 146 cm³/mol. The van der Waals surface area contributed by atoms with Crippen LogP contribution in [0.15, 0.2) is 48.5 Å². The first-order chi connectivity index (χ1) is 18.0. The number of carbonyl (C=O) groups is 1. The maximum atomic E-state index is 13.8. The van der Waals surface area contributed by atoms with Crippen molar-refractivity contribution < 1.29 is 9.90 Å². The van der Waals surface area contributed by atoms with Gasteiger partial charge in [0.25, 0.3) is 5.91 Å². The molecule has 0 aromatic heterocycles. The topological polar surface area (TPSA) is 55.8 Å². The van der Waals surface area contributed by atoms with Gasteiger partial charge in [-0.3, -0.25) is 9.69 Å². The van der Waals surface area contributed by atoms with Gasteiger partial charge in [-0.25, -0.2) is 0 Å². The average Bonchev–Trinajstić information content (AvgIpc) is 3.60. The molecule has 37 heavy (non-hydrogen) atoms. The summed E-state index contributed by atoms with van der Waals surface area (Å²) in [6.07, 6.45) is 6.92. The molecule has 2 aromatic rings. The van der Waals surface area contributed by atoms with Gasteiger partial charge < -0.3 is 15.3 Å². The molecule has 2 N–H and O–H groups in total. The van der Waals surface area contributed by atoms with Gasteiger partial charge in [0.2, 0.25) is 0 Å². The Hall–Kier alpha value is -2.37. The van der Waals surface area contributed by atoms with Crippen molar-refractivity contribution in [3.63, 3.8) is 0 Å². The summed E-state index contributed by atoms with van der Waals surface area (Å²) in [5, 5.41) is 14.4. The van der Waals surface area contributed by atoms with Crippen molar-refractivity contribution in [3.05, 3.63) is 65.2 Å². The van der Waals surface area contributed by atoms with Crippen LogP contribution in [0.4, 0.5) is 0 Å². The first kappa shape index (κ1) is 23.7. The molecule has 2 aromatic carbocycles. The second-order valence-corrected chi connectivity index (χ2v) is 12.8. The summed E-state index contributed by atoms with van der Waals surface area (Å²) < 4.78 is 0. The van der Waals surface area contributed by atoms with E-state index in [1.807, 2.05) is 36.4 Å². The summed E-state index contributed by atoms with van der Waals surface area (Å²) in [5.74, 6) is 1.51. The van der Waals surface area contributed by atoms with Gasteiger partial charge in [0.1, 0.15) is 5.75 Å². The highest BCUT2D eigenvalue weighted by Gasteiger charge is 2.72. The molecule has 7 rings (SSSR count). The molecule has 2 bridgehead atoms. The normalized spacial score (nSPS) is 38.3. The van der Waals surface area contributed by atoms with Crippen LogP contribution in [0.5, 0.6) is 5.75 Å². The van der Waals surface area contributed by atoms with E-state index >= 15 is 0 Å². The van der Waals surface area contributed by atoms with Crippen LogP contribution in [0.2, 0.25) is 0 Å². The smallest absolute Gasteiger partial charge is 0.254 e. The molecule has 5 unspecified atom stereocenters. The van der Waals surface area contributed by atoms with Crippen LogP contribution in [0.1, 0.15) is 67.4 Å². The minimum absolute atomic E-state index is 0.000651. The van der Waals surface area contributed by atoms with Crippen LogP contribution in [-0.4, -0.2) is 65.1 Å². The van der Waals surface area contributed by atoms with E-state index in [0.717, 1.165) is 51.0 Å². The molecular formula is C32H41N3O2. The maximum Gasteiger partial charge on any atom is 0.254 e. The van der Waals surface area contributed by atoms with Crippen LogP contribution < -0.4 is 5.32 Å². The maximum absolute atomic E-state index is 13.8. The van der Waals surface area contributed by atoms with Gasteiger partial charge in [0.05, 0.1) is 0 Å². The van der Waals surface area contributed by atoms with Crippen molar-refractivity contribution in [1.29, 1.82) is 0 Å². The fourth-order valence-electron chi connectivity index (χ4n) is 10.0. The highest BCUT2D eigenvalue weighted by Crippen LogP contribution is 2.71. The Bertz CT molecular complexity index is 1190. The van der Waals surface area contributed by atoms with E-state index in [9.17, 15) is 9.90 Å². The van der Waals surface area contributed by atoms with E-state index in [0.29, 0.717) is 29.7 Å². The van der Waals surface area contributed by atoms with Crippen LogP contribution in [0.3, 0.4) is 0 Å². The zero-order valence-electron chi connectivity index (χ0n) is 22.3. The van der Waals surface area contributed by atoms with Crippen molar-refractivity contribution in [3.8, 4) is 5.75 Å². The number of piperidine rings is 1. The third-order valence-corrected chi connectivity index (χ3v) is 11.3. The number of rotatable bonds is 4. The Morgan fingerprint density at radius 1 is 1.19 bits per heavy atom. The highest BCUT2D eigenvalue weighted by atomic mass is 16.3. The van der Waals surface area contributed by atoms with Crippen molar-refractivity contribution >= 4 is 5.91 Å². The summed E-state index contributed by atoms with van der Waals surface area (Å²) in [6, 6.07) is 17.4. The van der Waals surface area contributed by atoms with Crippen LogP contribution in [0.25, 0.3) is 0 Å². The number of hydrogen-bond donors (Lipinski definition) is 2. The van der Waals surface area contributed by atoms with Gasteiger partial charge in [-0.2, -0.15) is 0 Å². The molecule has 5 aliphatic rings. The Labute approximate surface area is 221 Å². The van der Waals surface area contributed by atoms with E-state index < -0.39 is 0 Å². The molecule has 3 aliphatic heterocycles. The minimum atomic E-state index is 0.000651. The SMILES string of the molecule is CCC1C2[C@@H](CN1C(=O)c1ccccc1)CC1(C)C3Cc4ccc(O)cc4C21CCN3C[C@H]1CCCN1. The lowest BCUT2D eigenvalue weighted by molar-refractivity contribution is -0.0637. The van der Waals surface area contributed by atoms with E-state index in [-0.39, 0.29) is 22.8 Å². The summed E-state index contributed by atoms with van der Waals surface area (Å²) in [7, 11) is 0. The number of benzene rings is 2. The largest absolute Gasteiger partial charge is 0.508 e. The molecule has 3 saturated heterocycles. The number of nitrogens with zero attached hydrogens (tertiary/aromatic N) is 2. The molecule has 4 fully saturated rings. The molecule has 0 radical (unpaired) electrons. The second-order valence-electron chi connectivity index (χ2n) is 12.8. The fourth-order valence-corrected chi connectivity index (χ4v) is 10.0. The number of amides is 1. The zero-order chi connectivity index (χ0) is 25.4. The van der Waals surface area contributed by atoms with Gasteiger partial charge in [0, 0.05) is 42.2 Å². The minimum Gasteiger partial charge on any atom is -0.508 e. The summed E-state index contributed by atoms with van der Waals surface area (Å²) in [4.78, 5) is 18.8. The first-order valence-electron chi connectivity index (χ1n) is 14.6. The van der Waals surface area contributed by atoms with Gasteiger partial charge in [-0.1, -0.05) is 38.1 Å². The monoisotopic (exact) mass is 499 g/mol. The summed E-state index contributed by atoms with van der Waals surface area (Å²) >= 11 is 0. The van der Waals surface area contributed by atoms with Crippen LogP contribution in [0, 0.1) is 17.3 Å². The number of hydrogen-bond acceptors (Lipinski definition) is 4. The van der Waals surface area contributed by atoms with E-state index in [1.54, 1.807) is 0 Å². The molecule has 3 heterocycles. The number of nitrogens with one attached hydrogen (secondary N) is 1. The number of likely N-dealkylation sites (tertiary alicyclic amines) is 2. The third kappa shape index (κ3) is 3.26. The van der Waals surface area contributed by atoms with E-state index in [2.05, 4.69) is 41.1 Å². The second kappa shape index (κ2) is 8.57. The number of aromatic hydroxyl groups is 1. The Balaban J connectivity index is 1.31. The third-order valence-electron chi connectivity index (χ3n) is 11.3. The number of carbonyl (C=O) groups excluding carboxylic acids is 1. The Morgan fingerprint density at radius 2 is 2.03 bits per heavy atom. The fraction of sp³-hybridized carbons (Fsp3) is 0.594. The van der Waals surface area contributed by atoms with Crippen molar-refractivity contribution in [2.45, 2.75) is 75.9 Å². The standard InChI is InChI=1S/C32H41N3O2/c1-3-27-29-23(19-35(27)30(37)21-8-5-4-6-9-21)18-31(2)28-16-22-11-12-25(36)17-26(22)32(29,31)13-15-34(28)20-24-10-7-14-33-24/h4-6,8-9,11-12,17,23-24,27-29,33,36H,3,7,10,13-16,18-20H2,1-2H3/t23-,24-,27?,28?,29?,31?,32?/m1/s1. The van der Waals surface area contributed by atoms with Crippen molar-refractivity contribution in [2.75, 3.05) is 26.2 Å². The number of fused-ring (bicyclic) bond motifs is 2. The van der Waals surface area contributed by atoms with Gasteiger partial charge >= 0.3 is 0 Å². The van der Waals surface area contributed by atoms with Gasteiger partial charge in [0.15, 0.2) is 0 Å². The molecule has 5 nitrogen and oxygen atoms in total. The Kier molecular flexibility index (Phi) is 5.50. The molecule has 1 saturated carbocycles.